The Morgan fingerprint density at radius 2 is 1.73 bits per heavy atom. The summed E-state index contributed by atoms with van der Waals surface area (Å²) in [7, 11) is 1.53. The summed E-state index contributed by atoms with van der Waals surface area (Å²) in [6, 6.07) is 16.7. The van der Waals surface area contributed by atoms with E-state index in [1.54, 1.807) is 24.3 Å². The third-order valence-corrected chi connectivity index (χ3v) is 6.06. The Hall–Kier alpha value is -2.99. The van der Waals surface area contributed by atoms with Crippen molar-refractivity contribution in [1.29, 1.82) is 0 Å². The average molecular weight is 407 g/mol. The Bertz CT molecular complexity index is 942. The Kier molecular flexibility index (Phi) is 5.95. The van der Waals surface area contributed by atoms with Crippen molar-refractivity contribution in [2.75, 3.05) is 25.2 Å². The molecule has 2 aliphatic rings. The zero-order valence-electron chi connectivity index (χ0n) is 17.0. The van der Waals surface area contributed by atoms with Crippen molar-refractivity contribution in [3.05, 3.63) is 65.7 Å². The number of nitrogens with zero attached hydrogens (tertiary/aromatic N) is 1. The van der Waals surface area contributed by atoms with Crippen LogP contribution in [0, 0.1) is 11.8 Å². The number of fused-ring (bicyclic) bond motifs is 1. The summed E-state index contributed by atoms with van der Waals surface area (Å²) in [6.07, 6.45) is 2.27. The zero-order valence-corrected chi connectivity index (χ0v) is 17.0. The predicted molar refractivity (Wildman–Crippen MR) is 111 cm³/mol. The highest BCUT2D eigenvalue weighted by atomic mass is 16.6. The molecule has 1 saturated carbocycles. The molecule has 0 aromatic heterocycles. The van der Waals surface area contributed by atoms with Crippen LogP contribution in [0.2, 0.25) is 0 Å². The fourth-order valence-electron chi connectivity index (χ4n) is 4.53. The van der Waals surface area contributed by atoms with Crippen molar-refractivity contribution >= 4 is 23.5 Å². The van der Waals surface area contributed by atoms with Crippen LogP contribution in [-0.2, 0) is 19.1 Å². The van der Waals surface area contributed by atoms with Gasteiger partial charge in [0.05, 0.1) is 29.7 Å². The molecule has 30 heavy (non-hydrogen) atoms. The number of anilines is 1. The van der Waals surface area contributed by atoms with Gasteiger partial charge in [-0.3, -0.25) is 14.5 Å². The molecular formula is C24H25NO5. The summed E-state index contributed by atoms with van der Waals surface area (Å²) < 4.78 is 10.0. The Balaban J connectivity index is 1.52. The number of ether oxygens (including phenoxy) is 2. The first-order valence-electron chi connectivity index (χ1n) is 10.3. The van der Waals surface area contributed by atoms with Crippen LogP contribution < -0.4 is 4.90 Å². The standard InChI is InChI=1S/C24H25NO5/c1-29-12-13-30-24(28)18-8-5-9-19(14-18)25-22(26)20-11-10-17(15-21(20)23(25)27)16-6-3-2-4-7-16/h2-9,14,17,20-21H,10-13,15H2,1H3/t17-,20-,21-/m1/s1. The second-order valence-electron chi connectivity index (χ2n) is 7.82. The van der Waals surface area contributed by atoms with Gasteiger partial charge >= 0.3 is 5.97 Å². The van der Waals surface area contributed by atoms with Crippen molar-refractivity contribution in [3.63, 3.8) is 0 Å². The Morgan fingerprint density at radius 3 is 2.50 bits per heavy atom. The van der Waals surface area contributed by atoms with Gasteiger partial charge < -0.3 is 9.47 Å². The molecule has 0 bridgehead atoms. The van der Waals surface area contributed by atoms with E-state index in [-0.39, 0.29) is 36.2 Å². The monoisotopic (exact) mass is 407 g/mol. The van der Waals surface area contributed by atoms with Crippen molar-refractivity contribution < 1.29 is 23.9 Å². The molecule has 1 heterocycles. The molecule has 0 N–H and O–H groups in total. The van der Waals surface area contributed by atoms with Crippen LogP contribution in [0.3, 0.4) is 0 Å². The maximum Gasteiger partial charge on any atom is 0.338 e. The molecule has 2 fully saturated rings. The average Bonchev–Trinajstić information content (AvgIpc) is 3.04. The summed E-state index contributed by atoms with van der Waals surface area (Å²) in [5.74, 6) is -1.15. The van der Waals surface area contributed by atoms with E-state index in [4.69, 9.17) is 9.47 Å². The molecule has 2 amide bonds. The van der Waals surface area contributed by atoms with Crippen LogP contribution >= 0.6 is 0 Å². The molecule has 6 nitrogen and oxygen atoms in total. The van der Waals surface area contributed by atoms with E-state index in [0.717, 1.165) is 6.42 Å². The van der Waals surface area contributed by atoms with E-state index in [1.165, 1.54) is 17.6 Å². The zero-order chi connectivity index (χ0) is 21.1. The minimum atomic E-state index is -0.505. The van der Waals surface area contributed by atoms with Crippen molar-refractivity contribution in [2.45, 2.75) is 25.2 Å². The maximum absolute atomic E-state index is 13.2. The number of methoxy groups -OCH3 is 1. The van der Waals surface area contributed by atoms with Gasteiger partial charge in [0.15, 0.2) is 0 Å². The molecule has 0 unspecified atom stereocenters. The van der Waals surface area contributed by atoms with Crippen LogP contribution in [0.1, 0.15) is 41.1 Å². The van der Waals surface area contributed by atoms with Gasteiger partial charge in [0.1, 0.15) is 6.61 Å². The molecule has 2 aromatic carbocycles. The third-order valence-electron chi connectivity index (χ3n) is 6.06. The smallest absolute Gasteiger partial charge is 0.338 e. The first kappa shape index (κ1) is 20.3. The number of imide groups is 1. The van der Waals surface area contributed by atoms with Gasteiger partial charge in [0.2, 0.25) is 11.8 Å². The summed E-state index contributed by atoms with van der Waals surface area (Å²) in [6.45, 7) is 0.451. The van der Waals surface area contributed by atoms with E-state index in [9.17, 15) is 14.4 Å². The first-order valence-corrected chi connectivity index (χ1v) is 10.3. The number of hydrogen-bond donors (Lipinski definition) is 0. The molecule has 3 atom stereocenters. The van der Waals surface area contributed by atoms with Crippen LogP contribution in [0.15, 0.2) is 54.6 Å². The number of carbonyl (C=O) groups excluding carboxylic acids is 3. The van der Waals surface area contributed by atoms with E-state index >= 15 is 0 Å². The van der Waals surface area contributed by atoms with Crippen molar-refractivity contribution in [1.82, 2.24) is 0 Å². The van der Waals surface area contributed by atoms with Crippen molar-refractivity contribution in [2.24, 2.45) is 11.8 Å². The molecule has 0 radical (unpaired) electrons. The van der Waals surface area contributed by atoms with E-state index in [0.29, 0.717) is 30.7 Å². The van der Waals surface area contributed by atoms with E-state index < -0.39 is 5.97 Å². The molecule has 2 aromatic rings. The fourth-order valence-corrected chi connectivity index (χ4v) is 4.53. The lowest BCUT2D eigenvalue weighted by atomic mass is 9.73. The van der Waals surface area contributed by atoms with E-state index in [1.807, 2.05) is 18.2 Å². The maximum atomic E-state index is 13.2. The lowest BCUT2D eigenvalue weighted by Gasteiger charge is -2.28. The molecule has 1 aliphatic carbocycles. The molecule has 1 saturated heterocycles. The highest BCUT2D eigenvalue weighted by Crippen LogP contribution is 2.45. The Morgan fingerprint density at radius 1 is 0.967 bits per heavy atom. The summed E-state index contributed by atoms with van der Waals surface area (Å²) in [4.78, 5) is 39.7. The van der Waals surface area contributed by atoms with Crippen LogP contribution in [0.5, 0.6) is 0 Å². The SMILES string of the molecule is COCCOC(=O)c1cccc(N2C(=O)[C@@H]3CC[C@@H](c4ccccc4)C[C@H]3C2=O)c1. The summed E-state index contributed by atoms with van der Waals surface area (Å²) in [5.41, 5.74) is 1.95. The molecule has 156 valence electrons. The number of amides is 2. The number of rotatable bonds is 6. The van der Waals surface area contributed by atoms with Crippen LogP contribution in [0.4, 0.5) is 5.69 Å². The van der Waals surface area contributed by atoms with Gasteiger partial charge in [-0.1, -0.05) is 36.4 Å². The second kappa shape index (κ2) is 8.79. The van der Waals surface area contributed by atoms with Gasteiger partial charge in [-0.25, -0.2) is 4.79 Å². The minimum Gasteiger partial charge on any atom is -0.460 e. The predicted octanol–water partition coefficient (Wildman–Crippen LogP) is 3.56. The normalized spacial score (nSPS) is 23.4. The highest BCUT2D eigenvalue weighted by molar-refractivity contribution is 6.22. The molecule has 0 spiro atoms. The molecule has 1 aliphatic heterocycles. The van der Waals surface area contributed by atoms with Crippen molar-refractivity contribution in [3.8, 4) is 0 Å². The Labute approximate surface area is 175 Å². The first-order chi connectivity index (χ1) is 14.6. The number of esters is 1. The quantitative estimate of drug-likeness (QED) is 0.416. The topological polar surface area (TPSA) is 72.9 Å². The molecular weight excluding hydrogens is 382 g/mol. The third kappa shape index (κ3) is 3.87. The largest absolute Gasteiger partial charge is 0.460 e. The minimum absolute atomic E-state index is 0.145. The van der Waals surface area contributed by atoms with Gasteiger partial charge in [-0.05, 0) is 48.9 Å². The summed E-state index contributed by atoms with van der Waals surface area (Å²) in [5, 5.41) is 0. The van der Waals surface area contributed by atoms with Gasteiger partial charge in [0.25, 0.3) is 0 Å². The van der Waals surface area contributed by atoms with Gasteiger partial charge in [-0.2, -0.15) is 0 Å². The number of hydrogen-bond acceptors (Lipinski definition) is 5. The lowest BCUT2D eigenvalue weighted by Crippen LogP contribution is -2.31. The highest BCUT2D eigenvalue weighted by Gasteiger charge is 2.50. The van der Waals surface area contributed by atoms with Crippen LogP contribution in [0.25, 0.3) is 0 Å². The fraction of sp³-hybridized carbons (Fsp3) is 0.375. The lowest BCUT2D eigenvalue weighted by molar-refractivity contribution is -0.122. The van der Waals surface area contributed by atoms with E-state index in [2.05, 4.69) is 12.1 Å². The summed E-state index contributed by atoms with van der Waals surface area (Å²) >= 11 is 0. The van der Waals surface area contributed by atoms with Gasteiger partial charge in [-0.15, -0.1) is 0 Å². The number of carbonyl (C=O) groups is 3. The van der Waals surface area contributed by atoms with Crippen LogP contribution in [-0.4, -0.2) is 38.1 Å². The molecule has 4 rings (SSSR count). The number of benzene rings is 2. The second-order valence-corrected chi connectivity index (χ2v) is 7.82. The van der Waals surface area contributed by atoms with Gasteiger partial charge in [0, 0.05) is 7.11 Å². The molecule has 6 heteroatoms.